The molecule has 0 amide bonds. The number of hydrogen-bond acceptors (Lipinski definition) is 4. The summed E-state index contributed by atoms with van der Waals surface area (Å²) < 4.78 is 6.66. The van der Waals surface area contributed by atoms with Gasteiger partial charge >= 0.3 is 0 Å². The van der Waals surface area contributed by atoms with Crippen LogP contribution in [0.3, 0.4) is 0 Å². The SMILES string of the molecule is CCCc1nc(C2CSCCO2)nc(Cl)c1I. The van der Waals surface area contributed by atoms with Crippen molar-refractivity contribution in [3.63, 3.8) is 0 Å². The van der Waals surface area contributed by atoms with E-state index in [0.717, 1.165) is 46.0 Å². The third-order valence-corrected chi connectivity index (χ3v) is 5.21. The molecule has 0 bridgehead atoms. The van der Waals surface area contributed by atoms with E-state index in [9.17, 15) is 0 Å². The van der Waals surface area contributed by atoms with Gasteiger partial charge in [-0.05, 0) is 29.0 Å². The lowest BCUT2D eigenvalue weighted by atomic mass is 10.2. The predicted molar refractivity (Wildman–Crippen MR) is 79.8 cm³/mol. The van der Waals surface area contributed by atoms with Crippen molar-refractivity contribution in [3.05, 3.63) is 20.2 Å². The molecular weight excluding hydrogens is 371 g/mol. The molecule has 1 saturated heterocycles. The smallest absolute Gasteiger partial charge is 0.160 e. The van der Waals surface area contributed by atoms with Crippen molar-refractivity contribution in [1.29, 1.82) is 0 Å². The molecule has 1 aromatic rings. The molecule has 6 heteroatoms. The van der Waals surface area contributed by atoms with E-state index in [0.29, 0.717) is 5.15 Å². The predicted octanol–water partition coefficient (Wildman–Crippen LogP) is 3.49. The number of aromatic nitrogens is 2. The van der Waals surface area contributed by atoms with Gasteiger partial charge in [-0.1, -0.05) is 24.9 Å². The molecule has 0 aromatic carbocycles. The van der Waals surface area contributed by atoms with Gasteiger partial charge in [-0.15, -0.1) is 0 Å². The van der Waals surface area contributed by atoms with E-state index in [-0.39, 0.29) is 6.10 Å². The van der Waals surface area contributed by atoms with Gasteiger partial charge in [-0.25, -0.2) is 9.97 Å². The van der Waals surface area contributed by atoms with Crippen molar-refractivity contribution >= 4 is 46.0 Å². The van der Waals surface area contributed by atoms with Gasteiger partial charge in [0.25, 0.3) is 0 Å². The zero-order valence-corrected chi connectivity index (χ0v) is 13.3. The summed E-state index contributed by atoms with van der Waals surface area (Å²) in [6.45, 7) is 2.91. The molecule has 2 rings (SSSR count). The molecule has 0 saturated carbocycles. The van der Waals surface area contributed by atoms with Crippen molar-refractivity contribution in [1.82, 2.24) is 9.97 Å². The first-order valence-corrected chi connectivity index (χ1v) is 8.24. The van der Waals surface area contributed by atoms with E-state index in [1.165, 1.54) is 0 Å². The van der Waals surface area contributed by atoms with Crippen LogP contribution in [0.1, 0.15) is 31.0 Å². The summed E-state index contributed by atoms with van der Waals surface area (Å²) in [6.07, 6.45) is 2.00. The Bertz CT molecular complexity index is 399. The lowest BCUT2D eigenvalue weighted by molar-refractivity contribution is 0.0692. The average molecular weight is 385 g/mol. The molecule has 1 aliphatic heterocycles. The molecule has 1 fully saturated rings. The Kier molecular flexibility index (Phi) is 5.32. The number of ether oxygens (including phenoxy) is 1. The molecule has 0 spiro atoms. The van der Waals surface area contributed by atoms with E-state index < -0.39 is 0 Å². The molecule has 2 heterocycles. The van der Waals surface area contributed by atoms with Gasteiger partial charge in [0.15, 0.2) is 5.82 Å². The van der Waals surface area contributed by atoms with Crippen LogP contribution in [0, 0.1) is 3.57 Å². The summed E-state index contributed by atoms with van der Waals surface area (Å²) in [4.78, 5) is 8.95. The number of hydrogen-bond donors (Lipinski definition) is 0. The van der Waals surface area contributed by atoms with Crippen LogP contribution in [-0.4, -0.2) is 28.1 Å². The summed E-state index contributed by atoms with van der Waals surface area (Å²) in [5.74, 6) is 2.71. The zero-order chi connectivity index (χ0) is 12.3. The van der Waals surface area contributed by atoms with E-state index in [1.807, 2.05) is 11.8 Å². The lowest BCUT2D eigenvalue weighted by Gasteiger charge is -2.21. The summed E-state index contributed by atoms with van der Waals surface area (Å²) in [6, 6.07) is 0. The lowest BCUT2D eigenvalue weighted by Crippen LogP contribution is -2.19. The van der Waals surface area contributed by atoms with Gasteiger partial charge < -0.3 is 4.74 Å². The quantitative estimate of drug-likeness (QED) is 0.590. The molecule has 17 heavy (non-hydrogen) atoms. The maximum Gasteiger partial charge on any atom is 0.160 e. The molecule has 0 N–H and O–H groups in total. The van der Waals surface area contributed by atoms with E-state index >= 15 is 0 Å². The van der Waals surface area contributed by atoms with Crippen molar-refractivity contribution in [2.45, 2.75) is 25.9 Å². The maximum absolute atomic E-state index is 6.15. The van der Waals surface area contributed by atoms with Crippen LogP contribution in [0.4, 0.5) is 0 Å². The zero-order valence-electron chi connectivity index (χ0n) is 9.58. The van der Waals surface area contributed by atoms with Crippen molar-refractivity contribution in [3.8, 4) is 0 Å². The van der Waals surface area contributed by atoms with Gasteiger partial charge in [0, 0.05) is 11.5 Å². The van der Waals surface area contributed by atoms with Crippen molar-refractivity contribution < 1.29 is 4.74 Å². The molecular formula is C11H14ClIN2OS. The second-order valence-corrected chi connectivity index (χ2v) is 6.40. The molecule has 0 aliphatic carbocycles. The van der Waals surface area contributed by atoms with Gasteiger partial charge in [0.05, 0.1) is 15.9 Å². The Balaban J connectivity index is 2.27. The van der Waals surface area contributed by atoms with Gasteiger partial charge in [-0.2, -0.15) is 11.8 Å². The Morgan fingerprint density at radius 3 is 3.00 bits per heavy atom. The minimum absolute atomic E-state index is 0.00106. The molecule has 1 atom stereocenters. The highest BCUT2D eigenvalue weighted by atomic mass is 127. The minimum atomic E-state index is -0.00106. The van der Waals surface area contributed by atoms with Gasteiger partial charge in [-0.3, -0.25) is 0 Å². The van der Waals surface area contributed by atoms with E-state index in [4.69, 9.17) is 16.3 Å². The normalized spacial score (nSPS) is 20.5. The fraction of sp³-hybridized carbons (Fsp3) is 0.636. The first kappa shape index (κ1) is 13.8. The van der Waals surface area contributed by atoms with Crippen LogP contribution in [0.25, 0.3) is 0 Å². The fourth-order valence-corrected chi connectivity index (χ4v) is 3.21. The Morgan fingerprint density at radius 2 is 2.35 bits per heavy atom. The van der Waals surface area contributed by atoms with Crippen LogP contribution >= 0.6 is 46.0 Å². The Hall–Kier alpha value is 0.410. The summed E-state index contributed by atoms with van der Waals surface area (Å²) >= 11 is 10.2. The van der Waals surface area contributed by atoms with Crippen LogP contribution in [0.15, 0.2) is 0 Å². The maximum atomic E-state index is 6.15. The van der Waals surface area contributed by atoms with Gasteiger partial charge in [0.1, 0.15) is 11.3 Å². The summed E-state index contributed by atoms with van der Waals surface area (Å²) in [7, 11) is 0. The fourth-order valence-electron chi connectivity index (χ4n) is 1.66. The second-order valence-electron chi connectivity index (χ2n) is 3.82. The molecule has 1 aromatic heterocycles. The summed E-state index contributed by atoms with van der Waals surface area (Å²) in [5, 5.41) is 0.554. The van der Waals surface area contributed by atoms with Gasteiger partial charge in [0.2, 0.25) is 0 Å². The first-order chi connectivity index (χ1) is 8.22. The second kappa shape index (κ2) is 6.54. The van der Waals surface area contributed by atoms with Crippen molar-refractivity contribution in [2.75, 3.05) is 18.1 Å². The molecule has 1 unspecified atom stereocenters. The highest BCUT2D eigenvalue weighted by Crippen LogP contribution is 2.27. The number of thioether (sulfide) groups is 1. The first-order valence-electron chi connectivity index (χ1n) is 5.63. The average Bonchev–Trinajstić information content (AvgIpc) is 2.36. The van der Waals surface area contributed by atoms with Crippen LogP contribution in [0.2, 0.25) is 5.15 Å². The highest BCUT2D eigenvalue weighted by molar-refractivity contribution is 14.1. The summed E-state index contributed by atoms with van der Waals surface area (Å²) in [5.41, 5.74) is 1.04. The van der Waals surface area contributed by atoms with Crippen LogP contribution < -0.4 is 0 Å². The molecule has 3 nitrogen and oxygen atoms in total. The Labute approximate surface area is 124 Å². The molecule has 1 aliphatic rings. The van der Waals surface area contributed by atoms with E-state index in [1.54, 1.807) is 0 Å². The third kappa shape index (κ3) is 3.45. The number of nitrogens with zero attached hydrogens (tertiary/aromatic N) is 2. The number of rotatable bonds is 3. The van der Waals surface area contributed by atoms with Crippen LogP contribution in [-0.2, 0) is 11.2 Å². The number of aryl methyl sites for hydroxylation is 1. The number of halogens is 2. The topological polar surface area (TPSA) is 35.0 Å². The molecule has 0 radical (unpaired) electrons. The minimum Gasteiger partial charge on any atom is -0.368 e. The van der Waals surface area contributed by atoms with Crippen LogP contribution in [0.5, 0.6) is 0 Å². The van der Waals surface area contributed by atoms with E-state index in [2.05, 4.69) is 39.5 Å². The monoisotopic (exact) mass is 384 g/mol. The Morgan fingerprint density at radius 1 is 1.53 bits per heavy atom. The third-order valence-electron chi connectivity index (χ3n) is 2.49. The largest absolute Gasteiger partial charge is 0.368 e. The molecule has 94 valence electrons. The highest BCUT2D eigenvalue weighted by Gasteiger charge is 2.21. The van der Waals surface area contributed by atoms with Crippen molar-refractivity contribution in [2.24, 2.45) is 0 Å². The standard InChI is InChI=1S/C11H14ClIN2OS/c1-2-3-7-9(13)10(12)15-11(14-7)8-6-17-5-4-16-8/h8H,2-6H2,1H3.